The number of ether oxygens (including phenoxy) is 2. The molecular weight excluding hydrogens is 266 g/mol. The third kappa shape index (κ3) is 3.03. The first-order valence-corrected chi connectivity index (χ1v) is 6.96. The van der Waals surface area contributed by atoms with Gasteiger partial charge in [0.25, 0.3) is 0 Å². The van der Waals surface area contributed by atoms with Gasteiger partial charge in [-0.15, -0.1) is 0 Å². The Morgan fingerprint density at radius 3 is 2.33 bits per heavy atom. The maximum Gasteiger partial charge on any atom is 0.161 e. The van der Waals surface area contributed by atoms with E-state index < -0.39 is 0 Å². The minimum Gasteiger partial charge on any atom is -0.493 e. The molecular formula is C16H23N3O2. The summed E-state index contributed by atoms with van der Waals surface area (Å²) in [5, 5.41) is 4.53. The van der Waals surface area contributed by atoms with Gasteiger partial charge in [-0.1, -0.05) is 6.07 Å². The zero-order valence-corrected chi connectivity index (χ0v) is 13.3. The van der Waals surface area contributed by atoms with Crippen LogP contribution < -0.4 is 15.2 Å². The molecule has 0 aliphatic rings. The molecule has 0 bridgehead atoms. The first kappa shape index (κ1) is 15.4. The first-order valence-electron chi connectivity index (χ1n) is 6.96. The van der Waals surface area contributed by atoms with Crippen molar-refractivity contribution in [2.75, 3.05) is 14.2 Å². The van der Waals surface area contributed by atoms with Crippen LogP contribution in [0.3, 0.4) is 0 Å². The van der Waals surface area contributed by atoms with E-state index in [2.05, 4.69) is 18.9 Å². The van der Waals surface area contributed by atoms with Gasteiger partial charge in [-0.05, 0) is 44.0 Å². The fourth-order valence-corrected chi connectivity index (χ4v) is 2.34. The predicted octanol–water partition coefficient (Wildman–Crippen LogP) is 2.53. The normalized spacial score (nSPS) is 12.3. The summed E-state index contributed by atoms with van der Waals surface area (Å²) in [5.41, 5.74) is 10.7. The number of aromatic nitrogens is 2. The maximum atomic E-state index is 6.31. The van der Waals surface area contributed by atoms with Crippen molar-refractivity contribution >= 4 is 0 Å². The molecule has 0 amide bonds. The molecule has 1 atom stereocenters. The highest BCUT2D eigenvalue weighted by molar-refractivity contribution is 5.43. The van der Waals surface area contributed by atoms with Gasteiger partial charge in [0, 0.05) is 11.7 Å². The molecule has 0 saturated carbocycles. The highest BCUT2D eigenvalue weighted by Gasteiger charge is 2.14. The van der Waals surface area contributed by atoms with Crippen LogP contribution >= 0.6 is 0 Å². The second-order valence-electron chi connectivity index (χ2n) is 5.20. The molecule has 2 N–H and O–H groups in total. The van der Waals surface area contributed by atoms with E-state index in [4.69, 9.17) is 15.2 Å². The zero-order chi connectivity index (χ0) is 15.6. The van der Waals surface area contributed by atoms with Crippen molar-refractivity contribution in [1.29, 1.82) is 0 Å². The van der Waals surface area contributed by atoms with Crippen LogP contribution in [0.1, 0.15) is 28.6 Å². The zero-order valence-electron chi connectivity index (χ0n) is 13.3. The number of hydrogen-bond acceptors (Lipinski definition) is 4. The molecule has 21 heavy (non-hydrogen) atoms. The largest absolute Gasteiger partial charge is 0.493 e. The molecule has 1 heterocycles. The Bertz CT molecular complexity index is 635. The van der Waals surface area contributed by atoms with E-state index in [1.165, 1.54) is 5.56 Å². The topological polar surface area (TPSA) is 62.3 Å². The van der Waals surface area contributed by atoms with Gasteiger partial charge in [0.1, 0.15) is 0 Å². The Balaban J connectivity index is 2.23. The highest BCUT2D eigenvalue weighted by atomic mass is 16.5. The molecule has 5 nitrogen and oxygen atoms in total. The number of nitrogens with zero attached hydrogens (tertiary/aromatic N) is 2. The summed E-state index contributed by atoms with van der Waals surface area (Å²) in [5.74, 6) is 1.39. The number of benzene rings is 1. The summed E-state index contributed by atoms with van der Waals surface area (Å²) in [7, 11) is 3.24. The quantitative estimate of drug-likeness (QED) is 0.918. The molecule has 1 aromatic carbocycles. The second-order valence-corrected chi connectivity index (χ2v) is 5.20. The summed E-state index contributed by atoms with van der Waals surface area (Å²) in [6, 6.07) is 5.61. The van der Waals surface area contributed by atoms with Gasteiger partial charge in [-0.2, -0.15) is 5.10 Å². The minimum absolute atomic E-state index is 0.151. The smallest absolute Gasteiger partial charge is 0.161 e. The number of nitrogens with two attached hydrogens (primary N) is 1. The Hall–Kier alpha value is -2.01. The molecule has 0 spiro atoms. The summed E-state index contributed by atoms with van der Waals surface area (Å²) in [6.07, 6.45) is 0. The summed E-state index contributed by atoms with van der Waals surface area (Å²) < 4.78 is 12.5. The average molecular weight is 289 g/mol. The minimum atomic E-state index is -0.151. The van der Waals surface area contributed by atoms with Crippen molar-refractivity contribution in [2.24, 2.45) is 5.73 Å². The molecule has 1 aromatic heterocycles. The molecule has 0 aliphatic carbocycles. The van der Waals surface area contributed by atoms with E-state index in [1.807, 2.05) is 29.8 Å². The lowest BCUT2D eigenvalue weighted by Gasteiger charge is -2.16. The molecule has 114 valence electrons. The van der Waals surface area contributed by atoms with Crippen molar-refractivity contribution in [3.05, 3.63) is 40.7 Å². The van der Waals surface area contributed by atoms with Gasteiger partial charge >= 0.3 is 0 Å². The SMILES string of the molecule is COc1ccc(C(N)Cn2nc(C)c(C)c2C)cc1OC. The van der Waals surface area contributed by atoms with Crippen LogP contribution in [-0.4, -0.2) is 24.0 Å². The van der Waals surface area contributed by atoms with Crippen molar-refractivity contribution in [1.82, 2.24) is 9.78 Å². The monoisotopic (exact) mass is 289 g/mol. The van der Waals surface area contributed by atoms with Crippen LogP contribution in [0.5, 0.6) is 11.5 Å². The van der Waals surface area contributed by atoms with Crippen molar-refractivity contribution in [2.45, 2.75) is 33.4 Å². The highest BCUT2D eigenvalue weighted by Crippen LogP contribution is 2.30. The second kappa shape index (κ2) is 6.18. The third-order valence-corrected chi connectivity index (χ3v) is 3.95. The lowest BCUT2D eigenvalue weighted by atomic mass is 10.1. The van der Waals surface area contributed by atoms with Crippen LogP contribution in [-0.2, 0) is 6.54 Å². The van der Waals surface area contributed by atoms with E-state index in [9.17, 15) is 0 Å². The van der Waals surface area contributed by atoms with Gasteiger partial charge in [-0.25, -0.2) is 0 Å². The molecule has 0 fully saturated rings. The third-order valence-electron chi connectivity index (χ3n) is 3.95. The fraction of sp³-hybridized carbons (Fsp3) is 0.438. The average Bonchev–Trinajstić information content (AvgIpc) is 2.73. The van der Waals surface area contributed by atoms with Gasteiger partial charge < -0.3 is 15.2 Å². The van der Waals surface area contributed by atoms with E-state index in [1.54, 1.807) is 14.2 Å². The maximum absolute atomic E-state index is 6.31. The Morgan fingerprint density at radius 2 is 1.81 bits per heavy atom. The molecule has 2 aromatic rings. The van der Waals surface area contributed by atoms with Crippen molar-refractivity contribution in [3.63, 3.8) is 0 Å². The van der Waals surface area contributed by atoms with E-state index in [0.717, 1.165) is 17.0 Å². The Kier molecular flexibility index (Phi) is 4.53. The molecule has 0 saturated heterocycles. The molecule has 2 rings (SSSR count). The van der Waals surface area contributed by atoms with Crippen LogP contribution in [0.2, 0.25) is 0 Å². The lowest BCUT2D eigenvalue weighted by Crippen LogP contribution is -2.19. The summed E-state index contributed by atoms with van der Waals surface area (Å²) in [6.45, 7) is 6.80. The fourth-order valence-electron chi connectivity index (χ4n) is 2.34. The van der Waals surface area contributed by atoms with E-state index in [-0.39, 0.29) is 6.04 Å². The lowest BCUT2D eigenvalue weighted by molar-refractivity contribution is 0.354. The van der Waals surface area contributed by atoms with Gasteiger partial charge in [0.2, 0.25) is 0 Å². The standard InChI is InChI=1S/C16H23N3O2/c1-10-11(2)18-19(12(10)3)9-14(17)13-6-7-15(20-4)16(8-13)21-5/h6-8,14H,9,17H2,1-5H3. The van der Waals surface area contributed by atoms with Crippen molar-refractivity contribution in [3.8, 4) is 11.5 Å². The molecule has 0 aliphatic heterocycles. The molecule has 5 heteroatoms. The van der Waals surface area contributed by atoms with E-state index >= 15 is 0 Å². The number of rotatable bonds is 5. The van der Waals surface area contributed by atoms with Gasteiger partial charge in [0.05, 0.1) is 26.5 Å². The molecule has 0 radical (unpaired) electrons. The van der Waals surface area contributed by atoms with Gasteiger partial charge in [-0.3, -0.25) is 4.68 Å². The summed E-state index contributed by atoms with van der Waals surface area (Å²) in [4.78, 5) is 0. The van der Waals surface area contributed by atoms with Gasteiger partial charge in [0.15, 0.2) is 11.5 Å². The Labute approximate surface area is 125 Å². The van der Waals surface area contributed by atoms with Crippen LogP contribution in [0.25, 0.3) is 0 Å². The van der Waals surface area contributed by atoms with Crippen molar-refractivity contribution < 1.29 is 9.47 Å². The van der Waals surface area contributed by atoms with E-state index in [0.29, 0.717) is 18.0 Å². The number of methoxy groups -OCH3 is 2. The number of hydrogen-bond donors (Lipinski definition) is 1. The molecule has 1 unspecified atom stereocenters. The predicted molar refractivity (Wildman–Crippen MR) is 82.9 cm³/mol. The summed E-state index contributed by atoms with van der Waals surface area (Å²) >= 11 is 0. The van der Waals surface area contributed by atoms with Crippen LogP contribution in [0, 0.1) is 20.8 Å². The van der Waals surface area contributed by atoms with Crippen LogP contribution in [0.15, 0.2) is 18.2 Å². The first-order chi connectivity index (χ1) is 9.97. The van der Waals surface area contributed by atoms with Crippen LogP contribution in [0.4, 0.5) is 0 Å². The number of aryl methyl sites for hydroxylation is 1. The Morgan fingerprint density at radius 1 is 1.14 bits per heavy atom.